The van der Waals surface area contributed by atoms with Crippen LogP contribution in [-0.2, 0) is 4.79 Å². The van der Waals surface area contributed by atoms with Crippen molar-refractivity contribution in [1.82, 2.24) is 19.6 Å². The van der Waals surface area contributed by atoms with Crippen molar-refractivity contribution >= 4 is 36.2 Å². The molecule has 0 radical (unpaired) electrons. The van der Waals surface area contributed by atoms with E-state index in [0.29, 0.717) is 38.5 Å². The number of piperazine rings is 1. The highest BCUT2D eigenvalue weighted by Gasteiger charge is 2.28. The van der Waals surface area contributed by atoms with E-state index in [-0.39, 0.29) is 18.3 Å². The van der Waals surface area contributed by atoms with Crippen LogP contribution in [0, 0.1) is 6.92 Å². The highest BCUT2D eigenvalue weighted by atomic mass is 35.5. The summed E-state index contributed by atoms with van der Waals surface area (Å²) < 4.78 is 7.22. The van der Waals surface area contributed by atoms with Crippen molar-refractivity contribution in [2.24, 2.45) is 5.73 Å². The molecule has 1 aromatic carbocycles. The average Bonchev–Trinajstić information content (AvgIpc) is 3.12. The first-order valence-electron chi connectivity index (χ1n) is 9.61. The monoisotopic (exact) mass is 453 g/mol. The number of para-hydroxylation sites is 1. The molecule has 1 unspecified atom stereocenters. The van der Waals surface area contributed by atoms with Crippen molar-refractivity contribution in [2.75, 3.05) is 38.2 Å². The molecule has 164 valence electrons. The van der Waals surface area contributed by atoms with Crippen LogP contribution in [0.2, 0.25) is 0 Å². The lowest BCUT2D eigenvalue weighted by molar-refractivity contribution is -0.134. The predicted molar refractivity (Wildman–Crippen MR) is 121 cm³/mol. The Labute approximate surface area is 187 Å². The molecule has 2 aromatic rings. The zero-order valence-corrected chi connectivity index (χ0v) is 18.8. The lowest BCUT2D eigenvalue weighted by atomic mass is 10.2. The van der Waals surface area contributed by atoms with E-state index in [1.165, 1.54) is 0 Å². The van der Waals surface area contributed by atoms with E-state index in [0.717, 1.165) is 17.1 Å². The van der Waals surface area contributed by atoms with E-state index >= 15 is 0 Å². The third-order valence-corrected chi connectivity index (χ3v) is 5.44. The third kappa shape index (κ3) is 5.90. The Hall–Kier alpha value is -2.23. The lowest BCUT2D eigenvalue weighted by Crippen LogP contribution is -2.54. The van der Waals surface area contributed by atoms with E-state index in [9.17, 15) is 9.59 Å². The number of hydrogen-bond acceptors (Lipinski definition) is 6. The Morgan fingerprint density at radius 2 is 1.80 bits per heavy atom. The number of carbonyl (C=O) groups excluding carboxylic acids is 2. The molecule has 30 heavy (non-hydrogen) atoms. The molecule has 1 aromatic heterocycles. The smallest absolute Gasteiger partial charge is 0.391 e. The Balaban J connectivity index is 0.00000320. The van der Waals surface area contributed by atoms with Gasteiger partial charge in [-0.15, -0.1) is 12.4 Å². The number of aromatic nitrogens is 2. The minimum Gasteiger partial charge on any atom is -0.391 e. The van der Waals surface area contributed by atoms with Crippen LogP contribution in [-0.4, -0.2) is 75.8 Å². The molecule has 0 spiro atoms. The van der Waals surface area contributed by atoms with Crippen LogP contribution < -0.4 is 10.5 Å². The second-order valence-corrected chi connectivity index (χ2v) is 7.93. The molecular weight excluding hydrogens is 426 g/mol. The Bertz CT molecular complexity index is 840. The quantitative estimate of drug-likeness (QED) is 0.721. The number of thioether (sulfide) groups is 1. The molecular formula is C20H28ClN5O3S. The van der Waals surface area contributed by atoms with Gasteiger partial charge in [0.15, 0.2) is 0 Å². The van der Waals surface area contributed by atoms with Crippen LogP contribution in [0.25, 0.3) is 5.69 Å². The Kier molecular flexibility index (Phi) is 9.01. The van der Waals surface area contributed by atoms with Crippen molar-refractivity contribution in [1.29, 1.82) is 0 Å². The molecule has 3 rings (SSSR count). The molecule has 0 aliphatic carbocycles. The van der Waals surface area contributed by atoms with Gasteiger partial charge in [0.1, 0.15) is 0 Å². The summed E-state index contributed by atoms with van der Waals surface area (Å²) in [5.41, 5.74) is 7.56. The zero-order chi connectivity index (χ0) is 20.8. The van der Waals surface area contributed by atoms with Crippen LogP contribution in [0.15, 0.2) is 36.4 Å². The molecule has 2 N–H and O–H groups in total. The summed E-state index contributed by atoms with van der Waals surface area (Å²) in [5, 5.41) is 4.41. The van der Waals surface area contributed by atoms with Crippen LogP contribution in [0.1, 0.15) is 12.1 Å². The molecule has 2 amide bonds. The van der Waals surface area contributed by atoms with Gasteiger partial charge < -0.3 is 20.3 Å². The topological polar surface area (TPSA) is 93.7 Å². The van der Waals surface area contributed by atoms with E-state index < -0.39 is 12.1 Å². The minimum atomic E-state index is -0.482. The number of carbonyl (C=O) groups is 2. The number of ether oxygens (including phenoxy) is 1. The van der Waals surface area contributed by atoms with E-state index in [4.69, 9.17) is 10.5 Å². The van der Waals surface area contributed by atoms with Gasteiger partial charge >= 0.3 is 6.09 Å². The highest BCUT2D eigenvalue weighted by molar-refractivity contribution is 7.98. The van der Waals surface area contributed by atoms with Crippen LogP contribution in [0.4, 0.5) is 4.79 Å². The summed E-state index contributed by atoms with van der Waals surface area (Å²) in [6.45, 7) is 3.59. The molecule has 10 heteroatoms. The maximum atomic E-state index is 12.6. The van der Waals surface area contributed by atoms with Gasteiger partial charge in [0.25, 0.3) is 0 Å². The first kappa shape index (κ1) is 24.0. The number of nitrogens with zero attached hydrogens (tertiary/aromatic N) is 4. The fraction of sp³-hybridized carbons (Fsp3) is 0.450. The fourth-order valence-electron chi connectivity index (χ4n) is 3.17. The summed E-state index contributed by atoms with van der Waals surface area (Å²) in [4.78, 5) is 28.4. The normalized spacial score (nSPS) is 14.8. The van der Waals surface area contributed by atoms with Crippen LogP contribution in [0.3, 0.4) is 0 Å². The molecule has 2 heterocycles. The second-order valence-electron chi connectivity index (χ2n) is 6.94. The maximum absolute atomic E-state index is 12.6. The second kappa shape index (κ2) is 11.2. The Morgan fingerprint density at radius 1 is 1.17 bits per heavy atom. The van der Waals surface area contributed by atoms with E-state index in [1.807, 2.05) is 43.5 Å². The summed E-state index contributed by atoms with van der Waals surface area (Å²) in [6.07, 6.45) is 2.21. The summed E-state index contributed by atoms with van der Waals surface area (Å²) in [6, 6.07) is 10.8. The summed E-state index contributed by atoms with van der Waals surface area (Å²) in [5.74, 6) is 1.18. The number of amides is 2. The molecule has 1 saturated heterocycles. The maximum Gasteiger partial charge on any atom is 0.416 e. The van der Waals surface area contributed by atoms with Crippen LogP contribution in [0.5, 0.6) is 5.88 Å². The lowest BCUT2D eigenvalue weighted by Gasteiger charge is -2.35. The van der Waals surface area contributed by atoms with Gasteiger partial charge in [-0.05, 0) is 37.5 Å². The van der Waals surface area contributed by atoms with E-state index in [1.54, 1.807) is 32.3 Å². The molecule has 1 fully saturated rings. The van der Waals surface area contributed by atoms with Crippen molar-refractivity contribution in [3.63, 3.8) is 0 Å². The predicted octanol–water partition coefficient (Wildman–Crippen LogP) is 2.33. The molecule has 1 aliphatic heterocycles. The fourth-order valence-corrected chi connectivity index (χ4v) is 3.66. The number of nitrogens with two attached hydrogens (primary N) is 1. The standard InChI is InChI=1S/C20H27N5O3S.ClH/c1-15-14-18(25(22-15)16-6-4-3-5-7-16)28-20(27)24-11-9-23(10-12-24)19(26)17(21)8-13-29-2;/h3-7,14,17H,8-13,21H2,1-2H3;1H. The van der Waals surface area contributed by atoms with Gasteiger partial charge in [0.2, 0.25) is 11.8 Å². The summed E-state index contributed by atoms with van der Waals surface area (Å²) >= 11 is 1.67. The van der Waals surface area contributed by atoms with Crippen molar-refractivity contribution in [2.45, 2.75) is 19.4 Å². The van der Waals surface area contributed by atoms with Gasteiger partial charge in [-0.3, -0.25) is 4.79 Å². The SMILES string of the molecule is CSCCC(N)C(=O)N1CCN(C(=O)Oc2cc(C)nn2-c2ccccc2)CC1.Cl. The Morgan fingerprint density at radius 3 is 2.43 bits per heavy atom. The minimum absolute atomic E-state index is 0. The molecule has 0 bridgehead atoms. The molecule has 8 nitrogen and oxygen atoms in total. The first-order valence-corrected chi connectivity index (χ1v) is 11.0. The van der Waals surface area contributed by atoms with Crippen molar-refractivity contribution < 1.29 is 14.3 Å². The largest absolute Gasteiger partial charge is 0.416 e. The van der Waals surface area contributed by atoms with E-state index in [2.05, 4.69) is 5.10 Å². The van der Waals surface area contributed by atoms with Gasteiger partial charge in [-0.2, -0.15) is 16.9 Å². The van der Waals surface area contributed by atoms with Crippen molar-refractivity contribution in [3.05, 3.63) is 42.1 Å². The van der Waals surface area contributed by atoms with Crippen LogP contribution >= 0.6 is 24.2 Å². The number of rotatable bonds is 6. The van der Waals surface area contributed by atoms with Gasteiger partial charge in [-0.25, -0.2) is 9.48 Å². The van der Waals surface area contributed by atoms with Gasteiger partial charge in [-0.1, -0.05) is 18.2 Å². The number of hydrogen-bond donors (Lipinski definition) is 1. The highest BCUT2D eigenvalue weighted by Crippen LogP contribution is 2.20. The summed E-state index contributed by atoms with van der Waals surface area (Å²) in [7, 11) is 0. The first-order chi connectivity index (χ1) is 14.0. The van der Waals surface area contributed by atoms with Gasteiger partial charge in [0, 0.05) is 32.2 Å². The number of benzene rings is 1. The van der Waals surface area contributed by atoms with Gasteiger partial charge in [0.05, 0.1) is 17.4 Å². The number of aryl methyl sites for hydroxylation is 1. The molecule has 1 atom stereocenters. The zero-order valence-electron chi connectivity index (χ0n) is 17.2. The number of halogens is 1. The average molecular weight is 454 g/mol. The van der Waals surface area contributed by atoms with Crippen molar-refractivity contribution in [3.8, 4) is 11.6 Å². The molecule has 0 saturated carbocycles. The molecule has 1 aliphatic rings. The third-order valence-electron chi connectivity index (χ3n) is 4.79.